The highest BCUT2D eigenvalue weighted by Crippen LogP contribution is 2.18. The minimum atomic E-state index is -0.965. The number of nitro benzene ring substituents is 1. The molecule has 16 heteroatoms. The first kappa shape index (κ1) is 41.2. The van der Waals surface area contributed by atoms with Crippen molar-refractivity contribution in [3.63, 3.8) is 0 Å². The van der Waals surface area contributed by atoms with Gasteiger partial charge >= 0.3 is 12.2 Å². The summed E-state index contributed by atoms with van der Waals surface area (Å²) in [6.45, 7) is 4.83. The first-order valence-corrected chi connectivity index (χ1v) is 15.0. The van der Waals surface area contributed by atoms with Crippen molar-refractivity contribution in [1.29, 1.82) is 0 Å². The number of amides is 3. The van der Waals surface area contributed by atoms with Gasteiger partial charge in [-0.15, -0.1) is 0 Å². The van der Waals surface area contributed by atoms with Crippen LogP contribution in [0, 0.1) is 16.0 Å². The fraction of sp³-hybridized carbons (Fsp3) is 0.303. The third-order valence-corrected chi connectivity index (χ3v) is 6.40. The summed E-state index contributed by atoms with van der Waals surface area (Å²) in [5.74, 6) is 0.0800. The van der Waals surface area contributed by atoms with E-state index in [1.54, 1.807) is 24.3 Å². The lowest BCUT2D eigenvalue weighted by Gasteiger charge is -2.15. The van der Waals surface area contributed by atoms with Crippen LogP contribution in [0.4, 0.5) is 21.0 Å². The number of anilines is 1. The van der Waals surface area contributed by atoms with Crippen molar-refractivity contribution in [2.45, 2.75) is 51.9 Å². The molecule has 3 aromatic carbocycles. The Morgan fingerprint density at radius 3 is 2.10 bits per heavy atom. The van der Waals surface area contributed by atoms with Crippen LogP contribution >= 0.6 is 0 Å². The van der Waals surface area contributed by atoms with Crippen LogP contribution in [-0.2, 0) is 32.3 Å². The molecule has 0 bridgehead atoms. The summed E-state index contributed by atoms with van der Waals surface area (Å²) in [5.41, 5.74) is 13.0. The molecule has 0 saturated heterocycles. The van der Waals surface area contributed by atoms with E-state index in [2.05, 4.69) is 28.1 Å². The van der Waals surface area contributed by atoms with Crippen LogP contribution in [0.25, 0.3) is 0 Å². The molecular weight excluding hydrogens is 640 g/mol. The zero-order valence-electron chi connectivity index (χ0n) is 27.2. The summed E-state index contributed by atoms with van der Waals surface area (Å²) >= 11 is 0. The largest absolute Gasteiger partial charge is 0.514 e. The number of non-ortho nitro benzene ring substituents is 1. The van der Waals surface area contributed by atoms with Crippen molar-refractivity contribution < 1.29 is 43.5 Å². The molecule has 0 aromatic heterocycles. The van der Waals surface area contributed by atoms with Crippen LogP contribution < -0.4 is 32.2 Å². The number of urea groups is 1. The number of nitrogens with zero attached hydrogens (tertiary/aromatic N) is 1. The Morgan fingerprint density at radius 2 is 1.57 bits per heavy atom. The number of nitrogens with one attached hydrogen (secondary N) is 3. The Balaban J connectivity index is 0.000000584. The van der Waals surface area contributed by atoms with Crippen LogP contribution in [0.2, 0.25) is 0 Å². The molecule has 0 aliphatic rings. The van der Waals surface area contributed by atoms with E-state index in [4.69, 9.17) is 30.8 Å². The quantitative estimate of drug-likeness (QED) is 0.0335. The fourth-order valence-corrected chi connectivity index (χ4v) is 3.76. The SMILES string of the molecule is CC(C)[C@@H](C=O)NCc1ccccc1.NC(=O)NCCCC(N)C(=O)Nc1ccc(COC(=O)Oc2ccc([N+](=O)[O-])cc2)cc1.O=CO. The van der Waals surface area contributed by atoms with Crippen LogP contribution in [0.15, 0.2) is 78.9 Å². The van der Waals surface area contributed by atoms with Gasteiger partial charge in [0.1, 0.15) is 18.6 Å². The highest BCUT2D eigenvalue weighted by atomic mass is 16.7. The molecule has 1 unspecified atom stereocenters. The molecule has 0 radical (unpaired) electrons. The van der Waals surface area contributed by atoms with Crippen LogP contribution in [0.1, 0.15) is 37.8 Å². The Hall–Kier alpha value is -5.87. The number of nitro groups is 1. The molecule has 0 aliphatic heterocycles. The topological polar surface area (TPSA) is 255 Å². The normalized spacial score (nSPS) is 11.2. The Bertz CT molecular complexity index is 1460. The highest BCUT2D eigenvalue weighted by molar-refractivity contribution is 5.94. The fourth-order valence-electron chi connectivity index (χ4n) is 3.76. The molecule has 0 fully saturated rings. The zero-order chi connectivity index (χ0) is 36.6. The van der Waals surface area contributed by atoms with Crippen molar-refractivity contribution in [2.24, 2.45) is 17.4 Å². The molecule has 0 aliphatic carbocycles. The maximum Gasteiger partial charge on any atom is 0.514 e. The number of carboxylic acid groups (broad SMARTS) is 1. The van der Waals surface area contributed by atoms with Crippen molar-refractivity contribution in [2.75, 3.05) is 11.9 Å². The van der Waals surface area contributed by atoms with Crippen LogP contribution in [0.3, 0.4) is 0 Å². The number of carbonyl (C=O) groups is 5. The van der Waals surface area contributed by atoms with Crippen molar-refractivity contribution in [3.8, 4) is 5.75 Å². The van der Waals surface area contributed by atoms with Gasteiger partial charge in [-0.2, -0.15) is 0 Å². The molecular formula is C33H42N6O10. The standard InChI is InChI=1S/C20H23N5O7.C12H17NO.CH2O2/c21-17(2-1-11-23-19(22)27)18(26)24-14-5-3-13(4-6-14)12-31-20(28)32-16-9-7-15(8-10-16)25(29)30;1-10(2)12(9-14)13-8-11-6-4-3-5-7-11;2-1-3/h3-10,17H,1-2,11-12,21H2,(H,24,26)(H3,22,23,27);3-7,9-10,12-13H,8H2,1-2H3;1H,(H,2,3)/t;12-;/m.1./s1. The minimum Gasteiger partial charge on any atom is -0.483 e. The van der Waals surface area contributed by atoms with Crippen molar-refractivity contribution >= 4 is 42.2 Å². The summed E-state index contributed by atoms with van der Waals surface area (Å²) in [6.07, 6.45) is 0.889. The van der Waals surface area contributed by atoms with Gasteiger partial charge in [0, 0.05) is 30.9 Å². The van der Waals surface area contributed by atoms with Gasteiger partial charge in [-0.1, -0.05) is 56.3 Å². The second-order valence-electron chi connectivity index (χ2n) is 10.5. The molecule has 3 rings (SSSR count). The first-order valence-electron chi connectivity index (χ1n) is 15.0. The van der Waals surface area contributed by atoms with Gasteiger partial charge < -0.3 is 46.8 Å². The number of hydrogen-bond donors (Lipinski definition) is 6. The summed E-state index contributed by atoms with van der Waals surface area (Å²) in [6, 6.07) is 20.2. The monoisotopic (exact) mass is 682 g/mol. The van der Waals surface area contributed by atoms with Crippen LogP contribution in [-0.4, -0.2) is 59.5 Å². The van der Waals surface area contributed by atoms with Gasteiger partial charge in [-0.05, 0) is 54.2 Å². The van der Waals surface area contributed by atoms with Gasteiger partial charge in [-0.3, -0.25) is 19.7 Å². The lowest BCUT2D eigenvalue weighted by Crippen LogP contribution is -2.37. The molecule has 8 N–H and O–H groups in total. The average Bonchev–Trinajstić information content (AvgIpc) is 3.07. The number of benzene rings is 3. The third-order valence-electron chi connectivity index (χ3n) is 6.40. The van der Waals surface area contributed by atoms with E-state index < -0.39 is 23.2 Å². The Labute approximate surface area is 283 Å². The summed E-state index contributed by atoms with van der Waals surface area (Å²) in [5, 5.41) is 25.8. The second-order valence-corrected chi connectivity index (χ2v) is 10.5. The average molecular weight is 683 g/mol. The van der Waals surface area contributed by atoms with Crippen LogP contribution in [0.5, 0.6) is 5.75 Å². The van der Waals surface area contributed by atoms with Gasteiger partial charge in [0.2, 0.25) is 5.91 Å². The third kappa shape index (κ3) is 18.2. The number of carbonyl (C=O) groups excluding carboxylic acids is 4. The van der Waals surface area contributed by atoms with Gasteiger partial charge in [0.25, 0.3) is 12.2 Å². The summed E-state index contributed by atoms with van der Waals surface area (Å²) < 4.78 is 9.94. The lowest BCUT2D eigenvalue weighted by molar-refractivity contribution is -0.384. The molecule has 264 valence electrons. The van der Waals surface area contributed by atoms with E-state index in [0.29, 0.717) is 36.6 Å². The van der Waals surface area contributed by atoms with E-state index in [1.165, 1.54) is 29.8 Å². The Kier molecular flexibility index (Phi) is 19.7. The predicted octanol–water partition coefficient (Wildman–Crippen LogP) is 3.73. The second kappa shape index (κ2) is 23.4. The summed E-state index contributed by atoms with van der Waals surface area (Å²) in [7, 11) is 0. The number of primary amides is 1. The van der Waals surface area contributed by atoms with E-state index >= 15 is 0 Å². The van der Waals surface area contributed by atoms with E-state index in [0.717, 1.165) is 12.8 Å². The molecule has 0 heterocycles. The number of hydrogen-bond acceptors (Lipinski definition) is 11. The summed E-state index contributed by atoms with van der Waals surface area (Å²) in [4.78, 5) is 63.6. The predicted molar refractivity (Wildman–Crippen MR) is 180 cm³/mol. The molecule has 0 spiro atoms. The van der Waals surface area contributed by atoms with Gasteiger partial charge in [0.05, 0.1) is 17.0 Å². The molecule has 0 saturated carbocycles. The number of rotatable bonds is 15. The number of nitrogens with two attached hydrogens (primary N) is 2. The number of ether oxygens (including phenoxy) is 2. The van der Waals surface area contributed by atoms with E-state index in [1.807, 2.05) is 32.0 Å². The van der Waals surface area contributed by atoms with Gasteiger partial charge in [-0.25, -0.2) is 9.59 Å². The van der Waals surface area contributed by atoms with Crippen molar-refractivity contribution in [3.05, 3.63) is 100 Å². The molecule has 2 atom stereocenters. The van der Waals surface area contributed by atoms with E-state index in [-0.39, 0.29) is 36.5 Å². The maximum absolute atomic E-state index is 12.1. The lowest BCUT2D eigenvalue weighted by atomic mass is 10.1. The van der Waals surface area contributed by atoms with Gasteiger partial charge in [0.15, 0.2) is 0 Å². The molecule has 16 nitrogen and oxygen atoms in total. The molecule has 3 amide bonds. The smallest absolute Gasteiger partial charge is 0.483 e. The minimum absolute atomic E-state index is 0.0461. The molecule has 3 aromatic rings. The molecule has 49 heavy (non-hydrogen) atoms. The first-order chi connectivity index (χ1) is 23.4. The zero-order valence-corrected chi connectivity index (χ0v) is 27.2. The van der Waals surface area contributed by atoms with Crippen molar-refractivity contribution in [1.82, 2.24) is 10.6 Å². The van der Waals surface area contributed by atoms with E-state index in [9.17, 15) is 29.3 Å². The number of aldehydes is 1. The highest BCUT2D eigenvalue weighted by Gasteiger charge is 2.14. The maximum atomic E-state index is 12.1. The Morgan fingerprint density at radius 1 is 0.959 bits per heavy atom.